The fourth-order valence-electron chi connectivity index (χ4n) is 2.74. The first-order valence-electron chi connectivity index (χ1n) is 7.00. The molecule has 1 heterocycles. The van der Waals surface area contributed by atoms with Crippen molar-refractivity contribution in [2.45, 2.75) is 25.9 Å². The van der Waals surface area contributed by atoms with Gasteiger partial charge in [-0.1, -0.05) is 24.4 Å². The molecule has 0 radical (unpaired) electrons. The van der Waals surface area contributed by atoms with Gasteiger partial charge in [-0.3, -0.25) is 0 Å². The molecule has 1 saturated heterocycles. The Labute approximate surface area is 125 Å². The lowest BCUT2D eigenvalue weighted by molar-refractivity contribution is 0.0159. The van der Waals surface area contributed by atoms with Crippen molar-refractivity contribution in [2.75, 3.05) is 31.2 Å². The molecule has 0 aromatic heterocycles. The lowest BCUT2D eigenvalue weighted by Crippen LogP contribution is -2.38. The Morgan fingerprint density at radius 1 is 1.45 bits per heavy atom. The van der Waals surface area contributed by atoms with Crippen molar-refractivity contribution in [3.05, 3.63) is 29.3 Å². The first kappa shape index (κ1) is 15.2. The molecule has 4 nitrogen and oxygen atoms in total. The zero-order valence-electron chi connectivity index (χ0n) is 11.8. The molecule has 1 aromatic rings. The normalized spacial score (nSPS) is 16.4. The summed E-state index contributed by atoms with van der Waals surface area (Å²) >= 11 is 5.16. The Balaban J connectivity index is 2.09. The van der Waals surface area contributed by atoms with Crippen molar-refractivity contribution in [2.24, 2.45) is 5.73 Å². The van der Waals surface area contributed by atoms with Gasteiger partial charge in [0.25, 0.3) is 0 Å². The highest BCUT2D eigenvalue weighted by Gasteiger charge is 2.23. The molecular formula is C15H22N2O2S. The van der Waals surface area contributed by atoms with Gasteiger partial charge in [0, 0.05) is 24.3 Å². The standard InChI is InChI=1S/C15H22N2O2S/c1-11-3-2-4-13(15(16)20)14(11)17-7-5-12(6-8-17)19-10-9-18/h2-4,12,18H,5-10H2,1H3,(H2,16,20). The lowest BCUT2D eigenvalue weighted by Gasteiger charge is -2.35. The van der Waals surface area contributed by atoms with E-state index in [9.17, 15) is 0 Å². The van der Waals surface area contributed by atoms with Crippen LogP contribution in [-0.4, -0.2) is 42.5 Å². The number of anilines is 1. The number of hydrogen-bond donors (Lipinski definition) is 2. The number of aryl methyl sites for hydroxylation is 1. The Hall–Kier alpha value is -1.17. The van der Waals surface area contributed by atoms with Gasteiger partial charge in [-0.15, -0.1) is 0 Å². The van der Waals surface area contributed by atoms with E-state index in [1.807, 2.05) is 12.1 Å². The molecule has 2 rings (SSSR count). The third-order valence-electron chi connectivity index (χ3n) is 3.71. The summed E-state index contributed by atoms with van der Waals surface area (Å²) < 4.78 is 5.60. The van der Waals surface area contributed by atoms with Crippen molar-refractivity contribution in [3.63, 3.8) is 0 Å². The van der Waals surface area contributed by atoms with Crippen LogP contribution >= 0.6 is 12.2 Å². The van der Waals surface area contributed by atoms with E-state index in [1.54, 1.807) is 0 Å². The fourth-order valence-corrected chi connectivity index (χ4v) is 2.91. The van der Waals surface area contributed by atoms with E-state index in [0.717, 1.165) is 37.2 Å². The van der Waals surface area contributed by atoms with Crippen LogP contribution in [0.5, 0.6) is 0 Å². The number of rotatable bonds is 5. The molecule has 0 saturated carbocycles. The van der Waals surface area contributed by atoms with Gasteiger partial charge in [-0.2, -0.15) is 0 Å². The van der Waals surface area contributed by atoms with E-state index in [4.69, 9.17) is 27.8 Å². The minimum atomic E-state index is 0.0869. The van der Waals surface area contributed by atoms with Crippen LogP contribution in [-0.2, 0) is 4.74 Å². The van der Waals surface area contributed by atoms with Gasteiger partial charge >= 0.3 is 0 Å². The Kier molecular flexibility index (Phi) is 5.34. The minimum absolute atomic E-state index is 0.0869. The van der Waals surface area contributed by atoms with E-state index in [1.165, 1.54) is 5.56 Å². The number of benzene rings is 1. The number of aliphatic hydroxyl groups is 1. The maximum atomic E-state index is 8.80. The number of ether oxygens (including phenoxy) is 1. The van der Waals surface area contributed by atoms with Gasteiger partial charge in [0.05, 0.1) is 19.3 Å². The predicted octanol–water partition coefficient (Wildman–Crippen LogP) is 1.61. The molecule has 1 aliphatic rings. The highest BCUT2D eigenvalue weighted by atomic mass is 32.1. The van der Waals surface area contributed by atoms with E-state index < -0.39 is 0 Å². The summed E-state index contributed by atoms with van der Waals surface area (Å²) in [5.74, 6) is 0. The van der Waals surface area contributed by atoms with Crippen molar-refractivity contribution >= 4 is 22.9 Å². The maximum absolute atomic E-state index is 8.80. The molecule has 0 bridgehead atoms. The molecule has 0 atom stereocenters. The number of nitrogens with zero attached hydrogens (tertiary/aromatic N) is 1. The molecule has 20 heavy (non-hydrogen) atoms. The van der Waals surface area contributed by atoms with E-state index in [-0.39, 0.29) is 12.7 Å². The SMILES string of the molecule is Cc1cccc(C(N)=S)c1N1CCC(OCCO)CC1. The Morgan fingerprint density at radius 3 is 2.75 bits per heavy atom. The van der Waals surface area contributed by atoms with Crippen LogP contribution in [0.1, 0.15) is 24.0 Å². The number of piperidine rings is 1. The summed E-state index contributed by atoms with van der Waals surface area (Å²) in [5.41, 5.74) is 9.14. The average molecular weight is 294 g/mol. The largest absolute Gasteiger partial charge is 0.394 e. The molecule has 1 aliphatic heterocycles. The van der Waals surface area contributed by atoms with Gasteiger partial charge in [0.2, 0.25) is 0 Å². The molecular weight excluding hydrogens is 272 g/mol. The molecule has 5 heteroatoms. The van der Waals surface area contributed by atoms with Crippen LogP contribution in [0.3, 0.4) is 0 Å². The monoisotopic (exact) mass is 294 g/mol. The molecule has 0 amide bonds. The zero-order valence-corrected chi connectivity index (χ0v) is 12.7. The third-order valence-corrected chi connectivity index (χ3v) is 3.93. The van der Waals surface area contributed by atoms with Gasteiger partial charge < -0.3 is 20.5 Å². The van der Waals surface area contributed by atoms with Gasteiger partial charge in [-0.05, 0) is 31.4 Å². The van der Waals surface area contributed by atoms with Crippen LogP contribution in [0.25, 0.3) is 0 Å². The van der Waals surface area contributed by atoms with Crippen LogP contribution in [0.2, 0.25) is 0 Å². The van der Waals surface area contributed by atoms with Crippen molar-refractivity contribution in [1.82, 2.24) is 0 Å². The summed E-state index contributed by atoms with van der Waals surface area (Å²) in [7, 11) is 0. The topological polar surface area (TPSA) is 58.7 Å². The summed E-state index contributed by atoms with van der Waals surface area (Å²) in [4.78, 5) is 2.78. The van der Waals surface area contributed by atoms with Crippen molar-refractivity contribution in [3.8, 4) is 0 Å². The van der Waals surface area contributed by atoms with Crippen LogP contribution in [0.15, 0.2) is 18.2 Å². The van der Waals surface area contributed by atoms with Gasteiger partial charge in [0.15, 0.2) is 0 Å². The first-order valence-corrected chi connectivity index (χ1v) is 7.41. The van der Waals surface area contributed by atoms with E-state index in [2.05, 4.69) is 17.9 Å². The maximum Gasteiger partial charge on any atom is 0.106 e. The second-order valence-electron chi connectivity index (χ2n) is 5.12. The first-order chi connectivity index (χ1) is 9.63. The molecule has 3 N–H and O–H groups in total. The summed E-state index contributed by atoms with van der Waals surface area (Å²) in [6, 6.07) is 6.06. The van der Waals surface area contributed by atoms with E-state index in [0.29, 0.717) is 11.6 Å². The number of hydrogen-bond acceptors (Lipinski definition) is 4. The quantitative estimate of drug-likeness (QED) is 0.808. The highest BCUT2D eigenvalue weighted by molar-refractivity contribution is 7.80. The summed E-state index contributed by atoms with van der Waals surface area (Å²) in [6.07, 6.45) is 2.17. The fraction of sp³-hybridized carbons (Fsp3) is 0.533. The predicted molar refractivity (Wildman–Crippen MR) is 85.3 cm³/mol. The second-order valence-corrected chi connectivity index (χ2v) is 5.56. The smallest absolute Gasteiger partial charge is 0.106 e. The Bertz CT molecular complexity index is 471. The molecule has 1 aromatic carbocycles. The number of nitrogens with two attached hydrogens (primary N) is 1. The number of thiocarbonyl (C=S) groups is 1. The molecule has 1 fully saturated rings. The molecule has 0 aliphatic carbocycles. The van der Waals surface area contributed by atoms with Gasteiger partial charge in [-0.25, -0.2) is 0 Å². The van der Waals surface area contributed by atoms with Crippen LogP contribution in [0, 0.1) is 6.92 Å². The molecule has 0 unspecified atom stereocenters. The van der Waals surface area contributed by atoms with Crippen LogP contribution in [0.4, 0.5) is 5.69 Å². The molecule has 0 spiro atoms. The van der Waals surface area contributed by atoms with E-state index >= 15 is 0 Å². The molecule has 110 valence electrons. The highest BCUT2D eigenvalue weighted by Crippen LogP contribution is 2.28. The van der Waals surface area contributed by atoms with Crippen molar-refractivity contribution < 1.29 is 9.84 Å². The van der Waals surface area contributed by atoms with Crippen molar-refractivity contribution in [1.29, 1.82) is 0 Å². The second kappa shape index (κ2) is 7.02. The lowest BCUT2D eigenvalue weighted by atomic mass is 10.0. The average Bonchev–Trinajstić information content (AvgIpc) is 2.45. The van der Waals surface area contributed by atoms with Gasteiger partial charge in [0.1, 0.15) is 4.99 Å². The number of para-hydroxylation sites is 1. The van der Waals surface area contributed by atoms with Crippen LogP contribution < -0.4 is 10.6 Å². The number of aliphatic hydroxyl groups excluding tert-OH is 1. The minimum Gasteiger partial charge on any atom is -0.394 e. The third kappa shape index (κ3) is 3.48. The zero-order chi connectivity index (χ0) is 14.5. The summed E-state index contributed by atoms with van der Waals surface area (Å²) in [6.45, 7) is 4.45. The summed E-state index contributed by atoms with van der Waals surface area (Å²) in [5, 5.41) is 8.80. The Morgan fingerprint density at radius 2 is 2.15 bits per heavy atom.